The molecule has 0 aromatic heterocycles. The van der Waals surface area contributed by atoms with Crippen molar-refractivity contribution in [2.45, 2.75) is 49.6 Å². The van der Waals surface area contributed by atoms with Gasteiger partial charge in [0.2, 0.25) is 0 Å². The Morgan fingerprint density at radius 2 is 1.71 bits per heavy atom. The Labute approximate surface area is 247 Å². The maximum atomic E-state index is 14.1. The molecule has 232 valence electrons. The zero-order valence-electron chi connectivity index (χ0n) is 23.8. The van der Waals surface area contributed by atoms with Crippen molar-refractivity contribution in [1.29, 1.82) is 0 Å². The fourth-order valence-electron chi connectivity index (χ4n) is 5.88. The number of amides is 1. The van der Waals surface area contributed by atoms with Crippen LogP contribution in [0.2, 0.25) is 0 Å². The van der Waals surface area contributed by atoms with Crippen LogP contribution in [0, 0.1) is 0 Å². The van der Waals surface area contributed by atoms with Gasteiger partial charge in [0.15, 0.2) is 0 Å². The van der Waals surface area contributed by atoms with Gasteiger partial charge in [-0.2, -0.15) is 22.0 Å². The van der Waals surface area contributed by atoms with Gasteiger partial charge in [0, 0.05) is 75.6 Å². The highest BCUT2D eigenvalue weighted by Crippen LogP contribution is 2.39. The maximum absolute atomic E-state index is 14.1. The van der Waals surface area contributed by atoms with E-state index in [0.717, 1.165) is 50.9 Å². The minimum Gasteiger partial charge on any atom is -0.338 e. The Balaban J connectivity index is 1.49. The number of piperazine rings is 1. The molecule has 2 fully saturated rings. The van der Waals surface area contributed by atoms with Crippen LogP contribution in [0.4, 0.5) is 22.0 Å². The van der Waals surface area contributed by atoms with Crippen LogP contribution in [0.3, 0.4) is 0 Å². The zero-order chi connectivity index (χ0) is 30.3. The molecule has 2 heterocycles. The number of piperidine rings is 1. The predicted octanol–water partition coefficient (Wildman–Crippen LogP) is 4.40. The van der Waals surface area contributed by atoms with Crippen molar-refractivity contribution in [3.8, 4) is 0 Å². The Morgan fingerprint density at radius 3 is 2.31 bits per heavy atom. The fraction of sp³-hybridized carbons (Fsp3) is 0.567. The number of hydrogen-bond donors (Lipinski definition) is 2. The minimum atomic E-state index is -4.88. The summed E-state index contributed by atoms with van der Waals surface area (Å²) >= 11 is 0. The molecular formula is C30H41F5N5OP. The SMILES string of the molecule is NCC(CCN(CCc1ccccc1)C(=O)c1cc(C(F)(F)F)cc(C(F)(F)P)c1)N1CCN(C2CCCNC2)CC1. The molecule has 2 aromatic rings. The number of alkyl halides is 5. The molecule has 1 amide bonds. The molecule has 3 unspecified atom stereocenters. The number of halogens is 5. The number of carbonyl (C=O) groups excluding carboxylic acids is 1. The lowest BCUT2D eigenvalue weighted by Crippen LogP contribution is -2.57. The molecule has 0 spiro atoms. The van der Waals surface area contributed by atoms with Crippen molar-refractivity contribution in [1.82, 2.24) is 20.0 Å². The van der Waals surface area contributed by atoms with Gasteiger partial charge in [-0.1, -0.05) is 39.6 Å². The minimum absolute atomic E-state index is 0.0166. The van der Waals surface area contributed by atoms with E-state index in [2.05, 4.69) is 15.1 Å². The van der Waals surface area contributed by atoms with Crippen molar-refractivity contribution in [2.75, 3.05) is 58.9 Å². The van der Waals surface area contributed by atoms with Gasteiger partial charge in [-0.05, 0) is 56.0 Å². The molecular weight excluding hydrogens is 572 g/mol. The second kappa shape index (κ2) is 14.5. The van der Waals surface area contributed by atoms with Gasteiger partial charge in [0.05, 0.1) is 5.56 Å². The third kappa shape index (κ3) is 8.92. The smallest absolute Gasteiger partial charge is 0.338 e. The summed E-state index contributed by atoms with van der Waals surface area (Å²) < 4.78 is 69.1. The van der Waals surface area contributed by atoms with E-state index in [-0.39, 0.29) is 19.1 Å². The highest BCUT2D eigenvalue weighted by Gasteiger charge is 2.36. The van der Waals surface area contributed by atoms with Gasteiger partial charge in [0.1, 0.15) is 0 Å². The molecule has 2 saturated heterocycles. The van der Waals surface area contributed by atoms with Crippen LogP contribution in [-0.4, -0.2) is 91.6 Å². The van der Waals surface area contributed by atoms with E-state index in [4.69, 9.17) is 5.73 Å². The predicted molar refractivity (Wildman–Crippen MR) is 158 cm³/mol. The standard InChI is InChI=1S/C30H41F5N5OP/c31-29(32,33)24-17-23(18-25(19-24)30(34,35)42)28(41)40(11-8-22-5-2-1-3-6-22)12-9-26(20-36)38-13-15-39(16-14-38)27-7-4-10-37-21-27/h1-3,5-6,17-19,26-27,37H,4,7-16,20-21,36,42H2. The summed E-state index contributed by atoms with van der Waals surface area (Å²) in [4.78, 5) is 20.0. The van der Waals surface area contributed by atoms with E-state index in [1.54, 1.807) is 0 Å². The first-order chi connectivity index (χ1) is 20.0. The largest absolute Gasteiger partial charge is 0.416 e. The Kier molecular flexibility index (Phi) is 11.3. The summed E-state index contributed by atoms with van der Waals surface area (Å²) in [5.41, 5.74) is 0.953. The second-order valence-corrected chi connectivity index (χ2v) is 11.9. The van der Waals surface area contributed by atoms with E-state index in [1.807, 2.05) is 30.3 Å². The normalized spacial score (nSPS) is 19.9. The van der Waals surface area contributed by atoms with Crippen LogP contribution in [0.15, 0.2) is 48.5 Å². The van der Waals surface area contributed by atoms with E-state index in [1.165, 1.54) is 27.0 Å². The van der Waals surface area contributed by atoms with Gasteiger partial charge < -0.3 is 16.0 Å². The van der Waals surface area contributed by atoms with Gasteiger partial charge in [-0.25, -0.2) is 0 Å². The average molecular weight is 614 g/mol. The summed E-state index contributed by atoms with van der Waals surface area (Å²) in [6.45, 7) is 6.44. The van der Waals surface area contributed by atoms with E-state index >= 15 is 0 Å². The Bertz CT molecular complexity index is 1120. The van der Waals surface area contributed by atoms with Crippen LogP contribution >= 0.6 is 9.24 Å². The zero-order valence-corrected chi connectivity index (χ0v) is 24.9. The molecule has 0 radical (unpaired) electrons. The molecule has 3 atom stereocenters. The van der Waals surface area contributed by atoms with E-state index in [0.29, 0.717) is 37.6 Å². The van der Waals surface area contributed by atoms with Crippen LogP contribution < -0.4 is 11.1 Å². The summed E-state index contributed by atoms with van der Waals surface area (Å²) in [6, 6.07) is 11.9. The van der Waals surface area contributed by atoms with Crippen molar-refractivity contribution >= 4 is 15.1 Å². The fourth-order valence-corrected chi connectivity index (χ4v) is 6.05. The monoisotopic (exact) mass is 613 g/mol. The number of nitrogens with two attached hydrogens (primary N) is 1. The lowest BCUT2D eigenvalue weighted by Gasteiger charge is -2.43. The molecule has 0 aliphatic carbocycles. The second-order valence-electron chi connectivity index (χ2n) is 11.2. The first-order valence-corrected chi connectivity index (χ1v) is 15.1. The van der Waals surface area contributed by atoms with E-state index in [9.17, 15) is 26.7 Å². The Morgan fingerprint density at radius 1 is 1.02 bits per heavy atom. The highest BCUT2D eigenvalue weighted by atomic mass is 31.0. The molecule has 42 heavy (non-hydrogen) atoms. The highest BCUT2D eigenvalue weighted by molar-refractivity contribution is 7.17. The topological polar surface area (TPSA) is 64.8 Å². The van der Waals surface area contributed by atoms with Crippen LogP contribution in [0.25, 0.3) is 0 Å². The molecule has 12 heteroatoms. The molecule has 2 aliphatic heterocycles. The van der Waals surface area contributed by atoms with Gasteiger partial charge in [0.25, 0.3) is 11.6 Å². The quantitative estimate of drug-likeness (QED) is 0.291. The first kappa shape index (κ1) is 32.7. The van der Waals surface area contributed by atoms with Crippen LogP contribution in [0.5, 0.6) is 0 Å². The van der Waals surface area contributed by atoms with Crippen molar-refractivity contribution < 1.29 is 26.7 Å². The third-order valence-corrected chi connectivity index (χ3v) is 8.68. The van der Waals surface area contributed by atoms with E-state index < -0.39 is 34.4 Å². The lowest BCUT2D eigenvalue weighted by atomic mass is 10.0. The molecule has 3 N–H and O–H groups in total. The third-order valence-electron chi connectivity index (χ3n) is 8.35. The summed E-state index contributed by atoms with van der Waals surface area (Å²) in [6.07, 6.45) is -1.53. The summed E-state index contributed by atoms with van der Waals surface area (Å²) in [5.74, 6) is -0.710. The number of nitrogens with zero attached hydrogens (tertiary/aromatic N) is 3. The lowest BCUT2D eigenvalue weighted by molar-refractivity contribution is -0.137. The molecule has 4 rings (SSSR count). The van der Waals surface area contributed by atoms with Gasteiger partial charge in [-0.15, -0.1) is 0 Å². The molecule has 2 aromatic carbocycles. The first-order valence-electron chi connectivity index (χ1n) is 14.6. The van der Waals surface area contributed by atoms with Gasteiger partial charge >= 0.3 is 6.18 Å². The van der Waals surface area contributed by atoms with Crippen molar-refractivity contribution in [3.63, 3.8) is 0 Å². The van der Waals surface area contributed by atoms with Gasteiger partial charge in [-0.3, -0.25) is 14.6 Å². The number of benzene rings is 2. The average Bonchev–Trinajstić information content (AvgIpc) is 2.98. The van der Waals surface area contributed by atoms with Crippen LogP contribution in [0.1, 0.15) is 46.3 Å². The van der Waals surface area contributed by atoms with Crippen LogP contribution in [-0.2, 0) is 18.3 Å². The molecule has 0 bridgehead atoms. The summed E-state index contributed by atoms with van der Waals surface area (Å²) in [5, 5.41) is 3.46. The molecule has 6 nitrogen and oxygen atoms in total. The summed E-state index contributed by atoms with van der Waals surface area (Å²) in [7, 11) is 1.25. The Hall–Kier alpha value is -2.17. The number of carbonyl (C=O) groups is 1. The maximum Gasteiger partial charge on any atom is 0.416 e. The number of nitrogens with one attached hydrogen (secondary N) is 1. The molecule has 2 aliphatic rings. The van der Waals surface area contributed by atoms with Crippen molar-refractivity contribution in [3.05, 3.63) is 70.8 Å². The molecule has 0 saturated carbocycles. The number of hydrogen-bond acceptors (Lipinski definition) is 5. The number of rotatable bonds is 11. The van der Waals surface area contributed by atoms with Crippen molar-refractivity contribution in [2.24, 2.45) is 5.73 Å².